The van der Waals surface area contributed by atoms with E-state index in [1.165, 1.54) is 0 Å². The largest absolute Gasteiger partial charge is 0.480 e. The summed E-state index contributed by atoms with van der Waals surface area (Å²) < 4.78 is 3.81. The van der Waals surface area contributed by atoms with Gasteiger partial charge in [0.25, 0.3) is 5.91 Å². The van der Waals surface area contributed by atoms with E-state index in [1.807, 2.05) is 20.8 Å². The van der Waals surface area contributed by atoms with Crippen molar-refractivity contribution in [3.63, 3.8) is 0 Å². The Morgan fingerprint density at radius 3 is 2.53 bits per heavy atom. The molecule has 7 heteroatoms. The fourth-order valence-corrected chi connectivity index (χ4v) is 2.63. The van der Waals surface area contributed by atoms with Crippen LogP contribution in [0.15, 0.2) is 0 Å². The van der Waals surface area contributed by atoms with Crippen molar-refractivity contribution in [2.45, 2.75) is 45.1 Å². The van der Waals surface area contributed by atoms with Gasteiger partial charge in [0, 0.05) is 5.41 Å². The van der Waals surface area contributed by atoms with Crippen molar-refractivity contribution in [1.29, 1.82) is 0 Å². The average molecular weight is 283 g/mol. The first-order valence-electron chi connectivity index (χ1n) is 6.17. The van der Waals surface area contributed by atoms with Crippen LogP contribution >= 0.6 is 11.5 Å². The molecule has 1 heterocycles. The molecule has 2 rings (SSSR count). The van der Waals surface area contributed by atoms with Gasteiger partial charge in [-0.25, -0.2) is 4.79 Å². The van der Waals surface area contributed by atoms with Gasteiger partial charge in [-0.1, -0.05) is 25.3 Å². The highest BCUT2D eigenvalue weighted by molar-refractivity contribution is 7.08. The van der Waals surface area contributed by atoms with Gasteiger partial charge in [-0.05, 0) is 30.3 Å². The molecule has 0 spiro atoms. The lowest BCUT2D eigenvalue weighted by Gasteiger charge is -2.17. The van der Waals surface area contributed by atoms with Crippen molar-refractivity contribution in [2.24, 2.45) is 5.92 Å². The second kappa shape index (κ2) is 4.88. The normalized spacial score (nSPS) is 17.0. The molecule has 0 aromatic carbocycles. The molecule has 19 heavy (non-hydrogen) atoms. The number of hydrogen-bond acceptors (Lipinski definition) is 5. The Bertz CT molecular complexity index is 503. The van der Waals surface area contributed by atoms with Crippen LogP contribution in [0.3, 0.4) is 0 Å². The molecule has 1 aliphatic rings. The number of hydrogen-bond donors (Lipinski definition) is 2. The number of nitrogens with zero attached hydrogens (tertiary/aromatic N) is 2. The predicted molar refractivity (Wildman–Crippen MR) is 70.2 cm³/mol. The van der Waals surface area contributed by atoms with Crippen molar-refractivity contribution in [3.05, 3.63) is 10.6 Å². The molecular formula is C12H17N3O3S. The molecule has 0 saturated heterocycles. The molecule has 1 aromatic heterocycles. The molecule has 1 saturated carbocycles. The van der Waals surface area contributed by atoms with Crippen LogP contribution in [0, 0.1) is 5.92 Å². The van der Waals surface area contributed by atoms with Gasteiger partial charge >= 0.3 is 5.97 Å². The average Bonchev–Trinajstić information content (AvgIpc) is 2.98. The lowest BCUT2D eigenvalue weighted by molar-refractivity contribution is -0.139. The number of carbonyl (C=O) groups is 2. The standard InChI is InChI=1S/C12H17N3O3S/c1-12(2,3)9-8(19-15-14-9)10(16)13-7(11(17)18)6-4-5-6/h6-7H,4-5H2,1-3H3,(H,13,16)(H,17,18). The van der Waals surface area contributed by atoms with E-state index < -0.39 is 12.0 Å². The van der Waals surface area contributed by atoms with Crippen molar-refractivity contribution < 1.29 is 14.7 Å². The summed E-state index contributed by atoms with van der Waals surface area (Å²) in [6.45, 7) is 5.82. The number of rotatable bonds is 4. The lowest BCUT2D eigenvalue weighted by atomic mass is 9.91. The summed E-state index contributed by atoms with van der Waals surface area (Å²) in [4.78, 5) is 23.7. The van der Waals surface area contributed by atoms with E-state index in [1.54, 1.807) is 0 Å². The highest BCUT2D eigenvalue weighted by Gasteiger charge is 2.38. The molecule has 1 aliphatic carbocycles. The molecule has 0 aliphatic heterocycles. The molecular weight excluding hydrogens is 266 g/mol. The highest BCUT2D eigenvalue weighted by Crippen LogP contribution is 2.33. The summed E-state index contributed by atoms with van der Waals surface area (Å²) in [5.74, 6) is -1.31. The van der Waals surface area contributed by atoms with Gasteiger partial charge < -0.3 is 10.4 Å². The second-order valence-electron chi connectivity index (χ2n) is 5.83. The van der Waals surface area contributed by atoms with Crippen LogP contribution in [-0.4, -0.2) is 32.6 Å². The van der Waals surface area contributed by atoms with Crippen molar-refractivity contribution >= 4 is 23.4 Å². The Balaban J connectivity index is 2.16. The van der Waals surface area contributed by atoms with Crippen LogP contribution in [0.25, 0.3) is 0 Å². The predicted octanol–water partition coefficient (Wildman–Crippen LogP) is 1.43. The van der Waals surface area contributed by atoms with Gasteiger partial charge in [-0.2, -0.15) is 0 Å². The van der Waals surface area contributed by atoms with Crippen LogP contribution < -0.4 is 5.32 Å². The highest BCUT2D eigenvalue weighted by atomic mass is 32.1. The van der Waals surface area contributed by atoms with Crippen LogP contribution in [0.4, 0.5) is 0 Å². The van der Waals surface area contributed by atoms with E-state index in [4.69, 9.17) is 5.11 Å². The van der Waals surface area contributed by atoms with Crippen molar-refractivity contribution in [1.82, 2.24) is 14.9 Å². The molecule has 0 radical (unpaired) electrons. The monoisotopic (exact) mass is 283 g/mol. The van der Waals surface area contributed by atoms with Gasteiger partial charge in [0.05, 0.1) is 5.69 Å². The minimum absolute atomic E-state index is 0.0559. The van der Waals surface area contributed by atoms with E-state index in [2.05, 4.69) is 14.9 Å². The van der Waals surface area contributed by atoms with Crippen molar-refractivity contribution in [3.8, 4) is 0 Å². The molecule has 1 amide bonds. The summed E-state index contributed by atoms with van der Waals surface area (Å²) in [5, 5.41) is 15.7. The number of carboxylic acid groups (broad SMARTS) is 1. The zero-order valence-electron chi connectivity index (χ0n) is 11.1. The number of nitrogens with one attached hydrogen (secondary N) is 1. The van der Waals surface area contributed by atoms with E-state index in [0.29, 0.717) is 10.6 Å². The quantitative estimate of drug-likeness (QED) is 0.872. The number of aromatic nitrogens is 2. The van der Waals surface area contributed by atoms with Gasteiger partial charge in [-0.3, -0.25) is 4.79 Å². The number of carboxylic acids is 1. The fraction of sp³-hybridized carbons (Fsp3) is 0.667. The Morgan fingerprint density at radius 1 is 1.42 bits per heavy atom. The van der Waals surface area contributed by atoms with Gasteiger partial charge in [0.1, 0.15) is 10.9 Å². The zero-order valence-corrected chi connectivity index (χ0v) is 12.0. The Morgan fingerprint density at radius 2 is 2.05 bits per heavy atom. The van der Waals surface area contributed by atoms with Gasteiger partial charge in [-0.15, -0.1) is 5.10 Å². The Hall–Kier alpha value is -1.50. The Kier molecular flexibility index (Phi) is 3.58. The molecule has 1 fully saturated rings. The first-order valence-corrected chi connectivity index (χ1v) is 6.94. The fourth-order valence-electron chi connectivity index (χ4n) is 1.85. The molecule has 0 bridgehead atoms. The molecule has 104 valence electrons. The number of amides is 1. The lowest BCUT2D eigenvalue weighted by Crippen LogP contribution is -2.42. The number of aliphatic carboxylic acids is 1. The second-order valence-corrected chi connectivity index (χ2v) is 6.58. The SMILES string of the molecule is CC(C)(C)c1nnsc1C(=O)NC(C(=O)O)C1CC1. The smallest absolute Gasteiger partial charge is 0.326 e. The maximum absolute atomic E-state index is 12.2. The zero-order chi connectivity index (χ0) is 14.2. The van der Waals surface area contributed by atoms with Gasteiger partial charge in [0.2, 0.25) is 0 Å². The van der Waals surface area contributed by atoms with E-state index in [9.17, 15) is 9.59 Å². The van der Waals surface area contributed by atoms with Crippen LogP contribution in [0.2, 0.25) is 0 Å². The maximum Gasteiger partial charge on any atom is 0.326 e. The maximum atomic E-state index is 12.2. The third-order valence-electron chi connectivity index (χ3n) is 3.05. The first-order chi connectivity index (χ1) is 8.80. The van der Waals surface area contributed by atoms with E-state index in [0.717, 1.165) is 24.4 Å². The summed E-state index contributed by atoms with van der Waals surface area (Å²) >= 11 is 1.00. The topological polar surface area (TPSA) is 92.2 Å². The molecule has 6 nitrogen and oxygen atoms in total. The Labute approximate surface area is 115 Å². The summed E-state index contributed by atoms with van der Waals surface area (Å²) in [6.07, 6.45) is 1.70. The van der Waals surface area contributed by atoms with Gasteiger partial charge in [0.15, 0.2) is 0 Å². The van der Waals surface area contributed by atoms with Crippen LogP contribution in [0.5, 0.6) is 0 Å². The molecule has 1 unspecified atom stereocenters. The molecule has 1 aromatic rings. The van der Waals surface area contributed by atoms with Crippen LogP contribution in [0.1, 0.15) is 49.0 Å². The third-order valence-corrected chi connectivity index (χ3v) is 3.78. The third kappa shape index (κ3) is 3.09. The van der Waals surface area contributed by atoms with E-state index >= 15 is 0 Å². The summed E-state index contributed by atoms with van der Waals surface area (Å²) in [5.41, 5.74) is 0.313. The van der Waals surface area contributed by atoms with Crippen LogP contribution in [-0.2, 0) is 10.2 Å². The molecule has 2 N–H and O–H groups in total. The minimum atomic E-state index is -0.981. The number of carbonyl (C=O) groups excluding carboxylic acids is 1. The van der Waals surface area contributed by atoms with Crippen molar-refractivity contribution in [2.75, 3.05) is 0 Å². The first kappa shape index (κ1) is 13.9. The summed E-state index contributed by atoms with van der Waals surface area (Å²) in [6, 6.07) is -0.803. The summed E-state index contributed by atoms with van der Waals surface area (Å²) in [7, 11) is 0. The minimum Gasteiger partial charge on any atom is -0.480 e. The van der Waals surface area contributed by atoms with E-state index in [-0.39, 0.29) is 17.2 Å². The molecule has 1 atom stereocenters.